The molecule has 0 bridgehead atoms. The van der Waals surface area contributed by atoms with Gasteiger partial charge in [0.2, 0.25) is 5.91 Å². The standard InChI is InChI=1S/C14H18F3N3O3/c15-14(16,17)11-6-7-20(19-11)8-12(21)18-10-5-3-1-2-4-9(10)13(22)23/h6-7,9-10H,1-5,8H2,(H,18,21)(H,22,23)/t9-,10+/m1/s1. The first-order chi connectivity index (χ1) is 10.8. The number of carbonyl (C=O) groups is 2. The van der Waals surface area contributed by atoms with Gasteiger partial charge < -0.3 is 10.4 Å². The smallest absolute Gasteiger partial charge is 0.435 e. The zero-order valence-electron chi connectivity index (χ0n) is 12.3. The number of alkyl halides is 3. The molecule has 1 amide bonds. The minimum absolute atomic E-state index is 0.376. The second kappa shape index (κ2) is 7.01. The molecule has 0 saturated heterocycles. The van der Waals surface area contributed by atoms with Crippen molar-refractivity contribution in [3.05, 3.63) is 18.0 Å². The van der Waals surface area contributed by atoms with Gasteiger partial charge in [0, 0.05) is 12.2 Å². The van der Waals surface area contributed by atoms with Gasteiger partial charge in [-0.1, -0.05) is 19.3 Å². The number of amides is 1. The maximum atomic E-state index is 12.5. The number of nitrogens with zero attached hydrogens (tertiary/aromatic N) is 2. The van der Waals surface area contributed by atoms with E-state index in [4.69, 9.17) is 0 Å². The van der Waals surface area contributed by atoms with Crippen molar-refractivity contribution in [3.63, 3.8) is 0 Å². The second-order valence-electron chi connectivity index (χ2n) is 5.65. The first-order valence-electron chi connectivity index (χ1n) is 7.40. The lowest BCUT2D eigenvalue weighted by Gasteiger charge is -2.22. The summed E-state index contributed by atoms with van der Waals surface area (Å²) < 4.78 is 38.3. The number of carbonyl (C=O) groups excluding carboxylic acids is 1. The van der Waals surface area contributed by atoms with Crippen LogP contribution in [0.1, 0.15) is 37.8 Å². The minimum Gasteiger partial charge on any atom is -0.481 e. The van der Waals surface area contributed by atoms with Gasteiger partial charge in [0.25, 0.3) is 0 Å². The topological polar surface area (TPSA) is 84.2 Å². The van der Waals surface area contributed by atoms with Crippen molar-refractivity contribution in [1.82, 2.24) is 15.1 Å². The predicted molar refractivity (Wildman–Crippen MR) is 73.4 cm³/mol. The number of aromatic nitrogens is 2. The number of nitrogens with one attached hydrogen (secondary N) is 1. The Balaban J connectivity index is 1.97. The van der Waals surface area contributed by atoms with E-state index in [0.29, 0.717) is 12.8 Å². The average Bonchev–Trinajstić information content (AvgIpc) is 2.77. The molecule has 6 nitrogen and oxygen atoms in total. The molecule has 0 radical (unpaired) electrons. The summed E-state index contributed by atoms with van der Waals surface area (Å²) in [5.74, 6) is -2.17. The molecule has 2 atom stereocenters. The Hall–Kier alpha value is -2.06. The van der Waals surface area contributed by atoms with Gasteiger partial charge in [0.15, 0.2) is 5.69 Å². The number of carboxylic acid groups (broad SMARTS) is 1. The van der Waals surface area contributed by atoms with Crippen LogP contribution in [0, 0.1) is 5.92 Å². The predicted octanol–water partition coefficient (Wildman–Crippen LogP) is 2.05. The van der Waals surface area contributed by atoms with Crippen molar-refractivity contribution in [2.24, 2.45) is 5.92 Å². The Bertz CT molecular complexity index is 571. The van der Waals surface area contributed by atoms with E-state index in [-0.39, 0.29) is 6.54 Å². The maximum Gasteiger partial charge on any atom is 0.435 e. The lowest BCUT2D eigenvalue weighted by molar-refractivity contribution is -0.144. The Morgan fingerprint density at radius 1 is 1.30 bits per heavy atom. The summed E-state index contributed by atoms with van der Waals surface area (Å²) in [5, 5.41) is 15.2. The molecule has 128 valence electrons. The monoisotopic (exact) mass is 333 g/mol. The third kappa shape index (κ3) is 4.70. The third-order valence-electron chi connectivity index (χ3n) is 3.92. The SMILES string of the molecule is O=C(Cn1ccc(C(F)(F)F)n1)N[C@H]1CCCCC[C@H]1C(=O)O. The van der Waals surface area contributed by atoms with Gasteiger partial charge in [0.05, 0.1) is 5.92 Å². The molecule has 1 aliphatic carbocycles. The van der Waals surface area contributed by atoms with E-state index in [1.54, 1.807) is 0 Å². The summed E-state index contributed by atoms with van der Waals surface area (Å²) in [4.78, 5) is 23.3. The molecule has 9 heteroatoms. The first-order valence-corrected chi connectivity index (χ1v) is 7.40. The minimum atomic E-state index is -4.56. The molecule has 1 aliphatic rings. The normalized spacial score (nSPS) is 22.4. The molecular weight excluding hydrogens is 315 g/mol. The van der Waals surface area contributed by atoms with Gasteiger partial charge in [-0.15, -0.1) is 0 Å². The lowest BCUT2D eigenvalue weighted by atomic mass is 9.95. The van der Waals surface area contributed by atoms with Gasteiger partial charge in [-0.2, -0.15) is 18.3 Å². The van der Waals surface area contributed by atoms with Crippen molar-refractivity contribution in [2.45, 2.75) is 50.9 Å². The van der Waals surface area contributed by atoms with Crippen molar-refractivity contribution >= 4 is 11.9 Å². The van der Waals surface area contributed by atoms with E-state index in [1.807, 2.05) is 0 Å². The fourth-order valence-electron chi connectivity index (χ4n) is 2.78. The Labute approximate surface area is 130 Å². The number of rotatable bonds is 4. The summed E-state index contributed by atoms with van der Waals surface area (Å²) in [6.07, 6.45) is 0.0634. The fourth-order valence-corrected chi connectivity index (χ4v) is 2.78. The van der Waals surface area contributed by atoms with Crippen LogP contribution in [0.4, 0.5) is 13.2 Å². The highest BCUT2D eigenvalue weighted by Gasteiger charge is 2.34. The number of carboxylic acids is 1. The quantitative estimate of drug-likeness (QED) is 0.826. The molecule has 1 saturated carbocycles. The molecule has 0 unspecified atom stereocenters. The highest BCUT2D eigenvalue weighted by Crippen LogP contribution is 2.27. The average molecular weight is 333 g/mol. The van der Waals surface area contributed by atoms with E-state index in [2.05, 4.69) is 10.4 Å². The third-order valence-corrected chi connectivity index (χ3v) is 3.92. The van der Waals surface area contributed by atoms with Gasteiger partial charge in [-0.05, 0) is 18.9 Å². The number of halogens is 3. The van der Waals surface area contributed by atoms with Crippen molar-refractivity contribution < 1.29 is 27.9 Å². The van der Waals surface area contributed by atoms with Crippen LogP contribution in [0.25, 0.3) is 0 Å². The maximum absolute atomic E-state index is 12.5. The zero-order chi connectivity index (χ0) is 17.0. The Kier molecular flexibility index (Phi) is 5.27. The molecular formula is C14H18F3N3O3. The fraction of sp³-hybridized carbons (Fsp3) is 0.643. The summed E-state index contributed by atoms with van der Waals surface area (Å²) in [6.45, 7) is -0.376. The molecule has 1 aromatic rings. The molecule has 23 heavy (non-hydrogen) atoms. The van der Waals surface area contributed by atoms with E-state index in [1.165, 1.54) is 0 Å². The lowest BCUT2D eigenvalue weighted by Crippen LogP contribution is -2.44. The Morgan fingerprint density at radius 3 is 2.61 bits per heavy atom. The molecule has 0 aliphatic heterocycles. The van der Waals surface area contributed by atoms with E-state index < -0.39 is 35.7 Å². The Morgan fingerprint density at radius 2 is 2.00 bits per heavy atom. The molecule has 2 rings (SSSR count). The molecule has 1 fully saturated rings. The molecule has 2 N–H and O–H groups in total. The van der Waals surface area contributed by atoms with Crippen molar-refractivity contribution in [3.8, 4) is 0 Å². The van der Waals surface area contributed by atoms with Crippen molar-refractivity contribution in [1.29, 1.82) is 0 Å². The molecule has 0 spiro atoms. The van der Waals surface area contributed by atoms with E-state index in [0.717, 1.165) is 36.2 Å². The van der Waals surface area contributed by atoms with Crippen LogP contribution in [0.3, 0.4) is 0 Å². The van der Waals surface area contributed by atoms with Gasteiger partial charge in [0.1, 0.15) is 6.54 Å². The molecule has 1 heterocycles. The van der Waals surface area contributed by atoms with Crippen molar-refractivity contribution in [2.75, 3.05) is 0 Å². The van der Waals surface area contributed by atoms with Crippen LogP contribution in [0.5, 0.6) is 0 Å². The van der Waals surface area contributed by atoms with E-state index in [9.17, 15) is 27.9 Å². The number of aliphatic carboxylic acids is 1. The first kappa shape index (κ1) is 17.3. The number of hydrogen-bond acceptors (Lipinski definition) is 3. The highest BCUT2D eigenvalue weighted by atomic mass is 19.4. The molecule has 1 aromatic heterocycles. The molecule has 0 aromatic carbocycles. The number of hydrogen-bond donors (Lipinski definition) is 2. The summed E-state index contributed by atoms with van der Waals surface area (Å²) in [5.41, 5.74) is -1.07. The van der Waals surface area contributed by atoms with E-state index >= 15 is 0 Å². The summed E-state index contributed by atoms with van der Waals surface area (Å²) in [7, 11) is 0. The van der Waals surface area contributed by atoms with Crippen LogP contribution in [0.15, 0.2) is 12.3 Å². The largest absolute Gasteiger partial charge is 0.481 e. The van der Waals surface area contributed by atoms with Crippen LogP contribution >= 0.6 is 0 Å². The second-order valence-corrected chi connectivity index (χ2v) is 5.65. The van der Waals surface area contributed by atoms with Crippen LogP contribution < -0.4 is 5.32 Å². The van der Waals surface area contributed by atoms with Gasteiger partial charge in [-0.25, -0.2) is 0 Å². The summed E-state index contributed by atoms with van der Waals surface area (Å²) in [6, 6.07) is 0.291. The van der Waals surface area contributed by atoms with Crippen LogP contribution in [0.2, 0.25) is 0 Å². The summed E-state index contributed by atoms with van der Waals surface area (Å²) >= 11 is 0. The van der Waals surface area contributed by atoms with Crippen LogP contribution in [-0.4, -0.2) is 32.8 Å². The van der Waals surface area contributed by atoms with Gasteiger partial charge >= 0.3 is 12.1 Å². The van der Waals surface area contributed by atoms with Crippen LogP contribution in [-0.2, 0) is 22.3 Å². The highest BCUT2D eigenvalue weighted by molar-refractivity contribution is 5.78. The zero-order valence-corrected chi connectivity index (χ0v) is 12.3. The van der Waals surface area contributed by atoms with Gasteiger partial charge in [-0.3, -0.25) is 14.3 Å².